The van der Waals surface area contributed by atoms with E-state index in [4.69, 9.17) is 15.0 Å². The van der Waals surface area contributed by atoms with Crippen LogP contribution in [0.4, 0.5) is 0 Å². The second kappa shape index (κ2) is 20.3. The van der Waals surface area contributed by atoms with Gasteiger partial charge < -0.3 is 15.0 Å². The van der Waals surface area contributed by atoms with Crippen LogP contribution in [0.5, 0.6) is 0 Å². The summed E-state index contributed by atoms with van der Waals surface area (Å²) < 4.78 is 0. The minimum absolute atomic E-state index is 0. The van der Waals surface area contributed by atoms with Crippen LogP contribution in [0.15, 0.2) is 279 Å². The molecule has 0 amide bonds. The van der Waals surface area contributed by atoms with E-state index in [2.05, 4.69) is 243 Å². The normalized spacial score (nSPS) is 18.3. The third kappa shape index (κ3) is 8.32. The van der Waals surface area contributed by atoms with E-state index >= 15 is 0 Å². The molecule has 1 spiro atoms. The first-order chi connectivity index (χ1) is 40.1. The maximum atomic E-state index is 5.21. The fourth-order valence-corrected chi connectivity index (χ4v) is 13.7. The second-order valence-electron chi connectivity index (χ2n) is 22.0. The Morgan fingerprint density at radius 2 is 0.805 bits per heavy atom. The van der Waals surface area contributed by atoms with Crippen LogP contribution in [0, 0.1) is 35.4 Å². The van der Waals surface area contributed by atoms with Crippen LogP contribution in [-0.4, -0.2) is 15.0 Å². The van der Waals surface area contributed by atoms with Gasteiger partial charge in [-0.2, -0.15) is 0 Å². The monoisotopic (exact) mass is 1220 g/mol. The molecule has 16 rings (SSSR count). The Labute approximate surface area is 492 Å². The SMILES string of the molecule is [Ir+3].[c-]1ccccc1-c1cc(-c2ccccc2)c(-c2ccccc2-c2cc(-c3ccccc3-c3ccc(-c4[c-]cc5c(c4)C4C=CC46C=CC4C5C46)nc3)cc(-c3ccccc3-c3cnc(-c4[c-]cccc4)cc3-c3ccccc3)c2)cn1. The first-order valence-electron chi connectivity index (χ1n) is 28.0. The summed E-state index contributed by atoms with van der Waals surface area (Å²) in [4.78, 5) is 15.5. The molecule has 4 aliphatic carbocycles. The van der Waals surface area contributed by atoms with Crippen molar-refractivity contribution in [3.63, 3.8) is 0 Å². The molecule has 0 bridgehead atoms. The molecule has 0 aliphatic heterocycles. The molecule has 3 nitrogen and oxygen atoms in total. The average molecular weight is 1220 g/mol. The van der Waals surface area contributed by atoms with Gasteiger partial charge in [0.15, 0.2) is 0 Å². The molecule has 0 radical (unpaired) electrons. The quantitative estimate of drug-likeness (QED) is 0.0957. The van der Waals surface area contributed by atoms with Gasteiger partial charge in [-0.3, -0.25) is 0 Å². The Morgan fingerprint density at radius 1 is 0.329 bits per heavy atom. The van der Waals surface area contributed by atoms with Crippen LogP contribution in [0.25, 0.3) is 123 Å². The standard InChI is InChI=1S/C78H50N3.Ir/c1-5-19-50(20-6-1)67-45-74(52-23-9-3-10-24-52)80-48-70(67)63-31-17-15-29-61(63)57-41-56(42-58(43-57)62-30-16-18-32-64(62)71-49-81-75(53-25-11-4-12-26-53)46-68(71)51-21-7-2-8-22-51)60-28-14-13-27-59(60)55-34-36-73(79-47-55)54-33-35-65-69(44-54)72-38-40-78(72)39-37-66-76(65)77(66)78;/h1-23,25,27-32,34-49,66,72,76-77H;/q-3;+3. The van der Waals surface area contributed by atoms with E-state index in [-0.39, 0.29) is 25.5 Å². The van der Waals surface area contributed by atoms with Crippen molar-refractivity contribution in [2.45, 2.75) is 11.8 Å². The van der Waals surface area contributed by atoms with Crippen molar-refractivity contribution >= 4 is 0 Å². The molecule has 3 aromatic heterocycles. The van der Waals surface area contributed by atoms with Gasteiger partial charge in [-0.25, -0.2) is 0 Å². The first kappa shape index (κ1) is 49.6. The molecular formula is C78H50IrN3. The minimum Gasteiger partial charge on any atom is -0.304 e. The summed E-state index contributed by atoms with van der Waals surface area (Å²) in [6.45, 7) is 0. The molecule has 3 heterocycles. The molecule has 0 N–H and O–H groups in total. The predicted molar refractivity (Wildman–Crippen MR) is 329 cm³/mol. The van der Waals surface area contributed by atoms with E-state index in [1.165, 1.54) is 11.1 Å². The van der Waals surface area contributed by atoms with Crippen molar-refractivity contribution in [3.05, 3.63) is 309 Å². The summed E-state index contributed by atoms with van der Waals surface area (Å²) in [7, 11) is 0. The van der Waals surface area contributed by atoms with Gasteiger partial charge in [-0.1, -0.05) is 182 Å². The predicted octanol–water partition coefficient (Wildman–Crippen LogP) is 19.2. The van der Waals surface area contributed by atoms with Gasteiger partial charge in [0.05, 0.1) is 0 Å². The van der Waals surface area contributed by atoms with Gasteiger partial charge in [0.1, 0.15) is 0 Å². The largest absolute Gasteiger partial charge is 3.00 e. The molecule has 1 saturated carbocycles. The van der Waals surface area contributed by atoms with E-state index in [0.717, 1.165) is 129 Å². The Morgan fingerprint density at radius 3 is 1.29 bits per heavy atom. The Bertz CT molecular complexity index is 4290. The van der Waals surface area contributed by atoms with Crippen LogP contribution in [0.1, 0.15) is 23.0 Å². The molecule has 386 valence electrons. The van der Waals surface area contributed by atoms with Crippen molar-refractivity contribution in [2.75, 3.05) is 0 Å². The zero-order valence-corrected chi connectivity index (χ0v) is 46.9. The van der Waals surface area contributed by atoms with Crippen LogP contribution in [0.3, 0.4) is 0 Å². The van der Waals surface area contributed by atoms with Gasteiger partial charge in [-0.05, 0) is 137 Å². The van der Waals surface area contributed by atoms with Gasteiger partial charge in [0.2, 0.25) is 0 Å². The van der Waals surface area contributed by atoms with Gasteiger partial charge in [-0.15, -0.1) is 107 Å². The van der Waals surface area contributed by atoms with E-state index < -0.39 is 0 Å². The Balaban J connectivity index is 0.00000576. The summed E-state index contributed by atoms with van der Waals surface area (Å²) in [6.07, 6.45) is 16.0. The van der Waals surface area contributed by atoms with Crippen molar-refractivity contribution < 1.29 is 20.1 Å². The molecule has 4 aliphatic rings. The van der Waals surface area contributed by atoms with Crippen molar-refractivity contribution in [3.8, 4) is 123 Å². The smallest absolute Gasteiger partial charge is 0.304 e. The summed E-state index contributed by atoms with van der Waals surface area (Å²) in [6, 6.07) is 94.9. The van der Waals surface area contributed by atoms with Gasteiger partial charge >= 0.3 is 20.1 Å². The minimum atomic E-state index is 0. The molecule has 4 heteroatoms. The number of nitrogens with zero attached hydrogens (tertiary/aromatic N) is 3. The third-order valence-corrected chi connectivity index (χ3v) is 17.6. The van der Waals surface area contributed by atoms with Crippen molar-refractivity contribution in [1.82, 2.24) is 15.0 Å². The Hall–Kier alpha value is -9.44. The molecular weight excluding hydrogens is 1170 g/mol. The molecule has 0 saturated heterocycles. The van der Waals surface area contributed by atoms with E-state index in [1.54, 1.807) is 0 Å². The van der Waals surface area contributed by atoms with E-state index in [0.29, 0.717) is 17.8 Å². The maximum Gasteiger partial charge on any atom is 3.00 e. The number of benzene rings is 9. The van der Waals surface area contributed by atoms with Crippen molar-refractivity contribution in [2.24, 2.45) is 17.3 Å². The summed E-state index contributed by atoms with van der Waals surface area (Å²) in [5, 5.41) is 0. The van der Waals surface area contributed by atoms with Crippen LogP contribution in [-0.2, 0) is 20.1 Å². The molecule has 1 fully saturated rings. The second-order valence-corrected chi connectivity index (χ2v) is 22.0. The van der Waals surface area contributed by atoms with E-state index in [9.17, 15) is 0 Å². The molecule has 5 atom stereocenters. The van der Waals surface area contributed by atoms with Crippen LogP contribution < -0.4 is 0 Å². The summed E-state index contributed by atoms with van der Waals surface area (Å²) >= 11 is 0. The zero-order chi connectivity index (χ0) is 53.4. The number of allylic oxidation sites excluding steroid dienone is 4. The molecule has 12 aromatic rings. The summed E-state index contributed by atoms with van der Waals surface area (Å²) in [5.74, 6) is 2.49. The van der Waals surface area contributed by atoms with Crippen LogP contribution in [0.2, 0.25) is 0 Å². The Kier molecular flexibility index (Phi) is 12.3. The topological polar surface area (TPSA) is 38.7 Å². The zero-order valence-electron chi connectivity index (χ0n) is 44.5. The average Bonchev–Trinajstić information content (AvgIpc) is 3.68. The molecule has 82 heavy (non-hydrogen) atoms. The number of pyridine rings is 3. The fraction of sp³-hybridized carbons (Fsp3) is 0.0641. The first-order valence-corrected chi connectivity index (χ1v) is 28.0. The number of hydrogen-bond acceptors (Lipinski definition) is 3. The van der Waals surface area contributed by atoms with Crippen LogP contribution >= 0.6 is 0 Å². The summed E-state index contributed by atoms with van der Waals surface area (Å²) in [5.41, 5.74) is 26.2. The maximum absolute atomic E-state index is 5.21. The number of fused-ring (bicyclic) bond motifs is 4. The van der Waals surface area contributed by atoms with Crippen molar-refractivity contribution in [1.29, 1.82) is 0 Å². The van der Waals surface area contributed by atoms with Gasteiger partial charge in [0.25, 0.3) is 0 Å². The number of rotatable bonds is 11. The third-order valence-electron chi connectivity index (χ3n) is 17.6. The molecule has 9 aromatic carbocycles. The molecule has 5 unspecified atom stereocenters. The van der Waals surface area contributed by atoms with Gasteiger partial charge in [0, 0.05) is 35.1 Å². The van der Waals surface area contributed by atoms with E-state index in [1.807, 2.05) is 55.0 Å². The number of hydrogen-bond donors (Lipinski definition) is 0. The number of aromatic nitrogens is 3. The fourth-order valence-electron chi connectivity index (χ4n) is 13.7.